The number of pyridine rings is 1. The minimum Gasteiger partial charge on any atom is -0.381 e. The van der Waals surface area contributed by atoms with E-state index >= 15 is 0 Å². The summed E-state index contributed by atoms with van der Waals surface area (Å²) >= 11 is 0. The van der Waals surface area contributed by atoms with Crippen molar-refractivity contribution in [3.05, 3.63) is 24.5 Å². The first-order chi connectivity index (χ1) is 6.45. The largest absolute Gasteiger partial charge is 0.381 e. The predicted octanol–water partition coefficient (Wildman–Crippen LogP) is 1.67. The van der Waals surface area contributed by atoms with Gasteiger partial charge < -0.3 is 10.6 Å². The molecule has 4 heteroatoms. The fourth-order valence-corrected chi connectivity index (χ4v) is 1.65. The third kappa shape index (κ3) is 3.16. The molecule has 78 valence electrons. The number of halogens is 1. The van der Waals surface area contributed by atoms with Crippen LogP contribution in [0.15, 0.2) is 24.5 Å². The molecule has 1 saturated heterocycles. The molecule has 2 heterocycles. The molecule has 0 bridgehead atoms. The molecule has 0 saturated carbocycles. The second kappa shape index (κ2) is 5.83. The van der Waals surface area contributed by atoms with Gasteiger partial charge in [-0.3, -0.25) is 4.98 Å². The molecule has 0 amide bonds. The number of hydrogen-bond donors (Lipinski definition) is 2. The molecule has 0 aromatic carbocycles. The number of anilines is 1. The molecule has 1 fully saturated rings. The topological polar surface area (TPSA) is 37.0 Å². The molecule has 0 spiro atoms. The van der Waals surface area contributed by atoms with E-state index in [0.717, 1.165) is 18.8 Å². The molecular formula is C10H16ClN3. The first-order valence-corrected chi connectivity index (χ1v) is 4.82. The summed E-state index contributed by atoms with van der Waals surface area (Å²) in [5.41, 5.74) is 1.13. The fraction of sp³-hybridized carbons (Fsp3) is 0.500. The molecule has 1 aromatic rings. The van der Waals surface area contributed by atoms with Crippen molar-refractivity contribution in [1.29, 1.82) is 0 Å². The zero-order valence-electron chi connectivity index (χ0n) is 8.07. The van der Waals surface area contributed by atoms with E-state index in [9.17, 15) is 0 Å². The maximum atomic E-state index is 4.07. The molecule has 0 unspecified atom stereocenters. The molecule has 1 aliphatic heterocycles. The third-order valence-corrected chi connectivity index (χ3v) is 2.37. The zero-order chi connectivity index (χ0) is 8.93. The molecule has 0 aliphatic carbocycles. The molecule has 1 aromatic heterocycles. The second-order valence-electron chi connectivity index (χ2n) is 3.41. The van der Waals surface area contributed by atoms with Crippen molar-refractivity contribution in [2.45, 2.75) is 18.9 Å². The van der Waals surface area contributed by atoms with Gasteiger partial charge in [0.15, 0.2) is 0 Å². The van der Waals surface area contributed by atoms with Crippen molar-refractivity contribution in [2.75, 3.05) is 18.4 Å². The SMILES string of the molecule is Cl.c1cncc(NC2CCNCC2)c1. The third-order valence-electron chi connectivity index (χ3n) is 2.37. The minimum absolute atomic E-state index is 0. The molecule has 0 atom stereocenters. The Kier molecular flexibility index (Phi) is 4.70. The van der Waals surface area contributed by atoms with Crippen LogP contribution in [0.3, 0.4) is 0 Å². The summed E-state index contributed by atoms with van der Waals surface area (Å²) in [6, 6.07) is 4.64. The van der Waals surface area contributed by atoms with Crippen LogP contribution < -0.4 is 10.6 Å². The van der Waals surface area contributed by atoms with Gasteiger partial charge >= 0.3 is 0 Å². The lowest BCUT2D eigenvalue weighted by molar-refractivity contribution is 0.479. The van der Waals surface area contributed by atoms with Crippen LogP contribution in [-0.4, -0.2) is 24.1 Å². The molecule has 1 aliphatic rings. The number of rotatable bonds is 2. The van der Waals surface area contributed by atoms with E-state index in [4.69, 9.17) is 0 Å². The van der Waals surface area contributed by atoms with E-state index in [-0.39, 0.29) is 12.4 Å². The Morgan fingerprint density at radius 1 is 1.36 bits per heavy atom. The lowest BCUT2D eigenvalue weighted by atomic mass is 10.1. The van der Waals surface area contributed by atoms with Crippen molar-refractivity contribution in [1.82, 2.24) is 10.3 Å². The van der Waals surface area contributed by atoms with Gasteiger partial charge in [-0.1, -0.05) is 0 Å². The van der Waals surface area contributed by atoms with Gasteiger partial charge in [0.25, 0.3) is 0 Å². The second-order valence-corrected chi connectivity index (χ2v) is 3.41. The Balaban J connectivity index is 0.000000980. The summed E-state index contributed by atoms with van der Waals surface area (Å²) in [7, 11) is 0. The first kappa shape index (κ1) is 11.3. The monoisotopic (exact) mass is 213 g/mol. The van der Waals surface area contributed by atoms with Crippen LogP contribution in [0.1, 0.15) is 12.8 Å². The minimum atomic E-state index is 0. The molecular weight excluding hydrogens is 198 g/mol. The number of nitrogens with one attached hydrogen (secondary N) is 2. The Morgan fingerprint density at radius 3 is 2.79 bits per heavy atom. The van der Waals surface area contributed by atoms with Crippen LogP contribution in [0.4, 0.5) is 5.69 Å². The fourth-order valence-electron chi connectivity index (χ4n) is 1.65. The molecule has 0 radical (unpaired) electrons. The molecule has 14 heavy (non-hydrogen) atoms. The highest BCUT2D eigenvalue weighted by Gasteiger charge is 2.11. The van der Waals surface area contributed by atoms with Crippen LogP contribution in [0.5, 0.6) is 0 Å². The summed E-state index contributed by atoms with van der Waals surface area (Å²) in [4.78, 5) is 4.07. The Labute approximate surface area is 90.7 Å². The van der Waals surface area contributed by atoms with Crippen LogP contribution in [0, 0.1) is 0 Å². The predicted molar refractivity (Wildman–Crippen MR) is 61.0 cm³/mol. The summed E-state index contributed by atoms with van der Waals surface area (Å²) in [6.45, 7) is 2.25. The average Bonchev–Trinajstić information content (AvgIpc) is 2.21. The zero-order valence-corrected chi connectivity index (χ0v) is 8.89. The number of piperidine rings is 1. The van der Waals surface area contributed by atoms with Gasteiger partial charge in [-0.05, 0) is 38.1 Å². The Bertz CT molecular complexity index is 247. The highest BCUT2D eigenvalue weighted by molar-refractivity contribution is 5.85. The Morgan fingerprint density at radius 2 is 2.14 bits per heavy atom. The maximum Gasteiger partial charge on any atom is 0.0528 e. The van der Waals surface area contributed by atoms with Gasteiger partial charge in [0.2, 0.25) is 0 Å². The van der Waals surface area contributed by atoms with E-state index in [1.807, 2.05) is 12.3 Å². The summed E-state index contributed by atoms with van der Waals surface area (Å²) in [5, 5.41) is 6.82. The quantitative estimate of drug-likeness (QED) is 0.785. The maximum absolute atomic E-state index is 4.07. The van der Waals surface area contributed by atoms with Crippen LogP contribution in [0.2, 0.25) is 0 Å². The van der Waals surface area contributed by atoms with Gasteiger partial charge in [0.05, 0.1) is 5.69 Å². The summed E-state index contributed by atoms with van der Waals surface area (Å²) < 4.78 is 0. The summed E-state index contributed by atoms with van der Waals surface area (Å²) in [5.74, 6) is 0. The average molecular weight is 214 g/mol. The highest BCUT2D eigenvalue weighted by atomic mass is 35.5. The van der Waals surface area contributed by atoms with E-state index in [0.29, 0.717) is 6.04 Å². The van der Waals surface area contributed by atoms with Gasteiger partial charge in [-0.25, -0.2) is 0 Å². The van der Waals surface area contributed by atoms with Crippen molar-refractivity contribution in [3.8, 4) is 0 Å². The lowest BCUT2D eigenvalue weighted by Crippen LogP contribution is -2.35. The van der Waals surface area contributed by atoms with Crippen molar-refractivity contribution in [3.63, 3.8) is 0 Å². The number of hydrogen-bond acceptors (Lipinski definition) is 3. The van der Waals surface area contributed by atoms with Gasteiger partial charge in [-0.2, -0.15) is 0 Å². The molecule has 3 nitrogen and oxygen atoms in total. The highest BCUT2D eigenvalue weighted by Crippen LogP contribution is 2.11. The van der Waals surface area contributed by atoms with Crippen LogP contribution in [-0.2, 0) is 0 Å². The van der Waals surface area contributed by atoms with Crippen molar-refractivity contribution < 1.29 is 0 Å². The van der Waals surface area contributed by atoms with Crippen LogP contribution >= 0.6 is 12.4 Å². The summed E-state index contributed by atoms with van der Waals surface area (Å²) in [6.07, 6.45) is 6.08. The van der Waals surface area contributed by atoms with E-state index in [1.54, 1.807) is 6.20 Å². The smallest absolute Gasteiger partial charge is 0.0528 e. The number of aromatic nitrogens is 1. The molecule has 2 N–H and O–H groups in total. The molecule has 2 rings (SSSR count). The van der Waals surface area contributed by atoms with Gasteiger partial charge in [0, 0.05) is 18.4 Å². The normalized spacial score (nSPS) is 17.1. The van der Waals surface area contributed by atoms with Gasteiger partial charge in [0.1, 0.15) is 0 Å². The Hall–Kier alpha value is -0.800. The van der Waals surface area contributed by atoms with E-state index in [2.05, 4.69) is 21.7 Å². The van der Waals surface area contributed by atoms with Gasteiger partial charge in [-0.15, -0.1) is 12.4 Å². The van der Waals surface area contributed by atoms with Crippen molar-refractivity contribution >= 4 is 18.1 Å². The lowest BCUT2D eigenvalue weighted by Gasteiger charge is -2.24. The van der Waals surface area contributed by atoms with Crippen molar-refractivity contribution in [2.24, 2.45) is 0 Å². The first-order valence-electron chi connectivity index (χ1n) is 4.82. The number of nitrogens with zero attached hydrogens (tertiary/aromatic N) is 1. The van der Waals surface area contributed by atoms with E-state index in [1.165, 1.54) is 12.8 Å². The van der Waals surface area contributed by atoms with Crippen LogP contribution in [0.25, 0.3) is 0 Å². The standard InChI is InChI=1S/C10H15N3.ClH/c1-2-10(8-12-5-1)13-9-3-6-11-7-4-9;/h1-2,5,8-9,11,13H,3-4,6-7H2;1H. The van der Waals surface area contributed by atoms with E-state index < -0.39 is 0 Å².